The highest BCUT2D eigenvalue weighted by molar-refractivity contribution is 7.09. The number of rotatable bonds is 5. The first kappa shape index (κ1) is 15.4. The molecule has 0 aliphatic rings. The lowest BCUT2D eigenvalue weighted by Gasteiger charge is -2.25. The number of carboxylic acid groups (broad SMARTS) is 1. The zero-order valence-corrected chi connectivity index (χ0v) is 13.4. The summed E-state index contributed by atoms with van der Waals surface area (Å²) in [4.78, 5) is 20.1. The molecule has 5 nitrogen and oxygen atoms in total. The van der Waals surface area contributed by atoms with Crippen molar-refractivity contribution in [2.45, 2.75) is 39.2 Å². The Morgan fingerprint density at radius 1 is 1.38 bits per heavy atom. The van der Waals surface area contributed by atoms with Gasteiger partial charge in [0.1, 0.15) is 10.8 Å². The van der Waals surface area contributed by atoms with Crippen molar-refractivity contribution in [1.82, 2.24) is 9.97 Å². The van der Waals surface area contributed by atoms with E-state index in [0.717, 1.165) is 10.7 Å². The van der Waals surface area contributed by atoms with Crippen LogP contribution >= 0.6 is 11.3 Å². The fourth-order valence-corrected chi connectivity index (χ4v) is 2.66. The molecule has 0 saturated heterocycles. The molecule has 6 heteroatoms. The molecule has 0 radical (unpaired) electrons. The zero-order chi connectivity index (χ0) is 15.6. The van der Waals surface area contributed by atoms with Crippen LogP contribution in [-0.2, 0) is 5.54 Å². The van der Waals surface area contributed by atoms with Crippen LogP contribution in [0.25, 0.3) is 0 Å². The summed E-state index contributed by atoms with van der Waals surface area (Å²) in [7, 11) is 0. The predicted molar refractivity (Wildman–Crippen MR) is 84.0 cm³/mol. The monoisotopic (exact) mass is 305 g/mol. The number of carboxylic acids is 1. The Labute approximate surface area is 128 Å². The van der Waals surface area contributed by atoms with Crippen molar-refractivity contribution in [2.24, 2.45) is 0 Å². The highest BCUT2D eigenvalue weighted by Gasteiger charge is 2.24. The summed E-state index contributed by atoms with van der Waals surface area (Å²) >= 11 is 1.55. The van der Waals surface area contributed by atoms with E-state index < -0.39 is 11.5 Å². The molecule has 0 bridgehead atoms. The molecule has 2 aromatic heterocycles. The lowest BCUT2D eigenvalue weighted by molar-refractivity contribution is 0.0696. The molecule has 2 aromatic rings. The molecule has 0 amide bonds. The number of hydrogen-bond acceptors (Lipinski definition) is 5. The Morgan fingerprint density at radius 2 is 2.10 bits per heavy atom. The van der Waals surface area contributed by atoms with Crippen LogP contribution in [0, 0.1) is 0 Å². The van der Waals surface area contributed by atoms with Crippen LogP contribution in [0.2, 0.25) is 0 Å². The van der Waals surface area contributed by atoms with Crippen LogP contribution < -0.4 is 5.32 Å². The molecule has 0 unspecified atom stereocenters. The minimum atomic E-state index is -0.950. The van der Waals surface area contributed by atoms with Gasteiger partial charge in [0.15, 0.2) is 0 Å². The second-order valence-corrected chi connectivity index (χ2v) is 6.61. The van der Waals surface area contributed by atoms with E-state index in [1.165, 1.54) is 0 Å². The molecule has 0 spiro atoms. The molecule has 0 atom stereocenters. The van der Waals surface area contributed by atoms with Crippen molar-refractivity contribution >= 4 is 23.1 Å². The molecule has 21 heavy (non-hydrogen) atoms. The quantitative estimate of drug-likeness (QED) is 0.880. The van der Waals surface area contributed by atoms with Gasteiger partial charge in [-0.1, -0.05) is 13.8 Å². The van der Waals surface area contributed by atoms with Crippen LogP contribution in [0.3, 0.4) is 0 Å². The van der Waals surface area contributed by atoms with E-state index in [0.29, 0.717) is 5.82 Å². The van der Waals surface area contributed by atoms with Gasteiger partial charge in [0.2, 0.25) is 0 Å². The summed E-state index contributed by atoms with van der Waals surface area (Å²) in [5.41, 5.74) is 0.588. The van der Waals surface area contributed by atoms with E-state index in [1.54, 1.807) is 29.7 Å². The van der Waals surface area contributed by atoms with E-state index in [1.807, 2.05) is 33.1 Å². The number of aromatic carboxylic acids is 1. The standard InChI is InChI=1S/C15H19N3O2S/c1-9(2)11-7-10(13(19)20)8-12(17-11)18-15(3,4)14-16-5-6-21-14/h5-9H,1-4H3,(H,17,18)(H,19,20). The first-order chi connectivity index (χ1) is 9.79. The van der Waals surface area contributed by atoms with E-state index in [2.05, 4.69) is 15.3 Å². The average molecular weight is 305 g/mol. The fraction of sp³-hybridized carbons (Fsp3) is 0.400. The molecule has 0 saturated carbocycles. The summed E-state index contributed by atoms with van der Waals surface area (Å²) < 4.78 is 0. The SMILES string of the molecule is CC(C)c1cc(C(=O)O)cc(NC(C)(C)c2nccs2)n1. The van der Waals surface area contributed by atoms with Gasteiger partial charge in [-0.15, -0.1) is 11.3 Å². The number of nitrogens with one attached hydrogen (secondary N) is 1. The van der Waals surface area contributed by atoms with Crippen LogP contribution in [-0.4, -0.2) is 21.0 Å². The van der Waals surface area contributed by atoms with E-state index >= 15 is 0 Å². The molecule has 0 aliphatic heterocycles. The minimum Gasteiger partial charge on any atom is -0.478 e. The van der Waals surface area contributed by atoms with E-state index in [-0.39, 0.29) is 11.5 Å². The topological polar surface area (TPSA) is 75.1 Å². The maximum Gasteiger partial charge on any atom is 0.335 e. The maximum absolute atomic E-state index is 11.3. The van der Waals surface area contributed by atoms with Gasteiger partial charge in [-0.3, -0.25) is 0 Å². The van der Waals surface area contributed by atoms with Crippen molar-refractivity contribution in [3.63, 3.8) is 0 Å². The average Bonchev–Trinajstić information content (AvgIpc) is 2.92. The van der Waals surface area contributed by atoms with Crippen molar-refractivity contribution < 1.29 is 9.90 Å². The summed E-state index contributed by atoms with van der Waals surface area (Å²) in [5, 5.41) is 15.4. The first-order valence-electron chi connectivity index (χ1n) is 6.73. The summed E-state index contributed by atoms with van der Waals surface area (Å²) in [6.07, 6.45) is 1.75. The van der Waals surface area contributed by atoms with Gasteiger partial charge in [0.05, 0.1) is 11.1 Å². The van der Waals surface area contributed by atoms with Gasteiger partial charge in [-0.25, -0.2) is 14.8 Å². The molecule has 0 aliphatic carbocycles. The van der Waals surface area contributed by atoms with Crippen LogP contribution in [0.5, 0.6) is 0 Å². The van der Waals surface area contributed by atoms with Gasteiger partial charge < -0.3 is 10.4 Å². The normalized spacial score (nSPS) is 11.7. The Kier molecular flexibility index (Phi) is 4.27. The maximum atomic E-state index is 11.3. The molecule has 2 heterocycles. The number of anilines is 1. The number of thiazole rings is 1. The molecular weight excluding hydrogens is 286 g/mol. The van der Waals surface area contributed by atoms with Crippen molar-refractivity contribution in [3.05, 3.63) is 40.0 Å². The largest absolute Gasteiger partial charge is 0.478 e. The van der Waals surface area contributed by atoms with Crippen molar-refractivity contribution in [1.29, 1.82) is 0 Å². The van der Waals surface area contributed by atoms with Crippen molar-refractivity contribution in [3.8, 4) is 0 Å². The highest BCUT2D eigenvalue weighted by atomic mass is 32.1. The lowest BCUT2D eigenvalue weighted by Crippen LogP contribution is -2.28. The second kappa shape index (κ2) is 5.81. The number of hydrogen-bond donors (Lipinski definition) is 2. The molecule has 0 aromatic carbocycles. The lowest BCUT2D eigenvalue weighted by atomic mass is 10.1. The Bertz CT molecular complexity index is 636. The van der Waals surface area contributed by atoms with Gasteiger partial charge in [0, 0.05) is 17.3 Å². The third-order valence-electron chi connectivity index (χ3n) is 3.09. The van der Waals surface area contributed by atoms with Crippen LogP contribution in [0.15, 0.2) is 23.7 Å². The number of nitrogens with zero attached hydrogens (tertiary/aromatic N) is 2. The van der Waals surface area contributed by atoms with Gasteiger partial charge >= 0.3 is 5.97 Å². The summed E-state index contributed by atoms with van der Waals surface area (Å²) in [5.74, 6) is -0.235. The van der Waals surface area contributed by atoms with Gasteiger partial charge in [-0.2, -0.15) is 0 Å². The number of carbonyl (C=O) groups is 1. The highest BCUT2D eigenvalue weighted by Crippen LogP contribution is 2.27. The number of pyridine rings is 1. The third-order valence-corrected chi connectivity index (χ3v) is 4.19. The summed E-state index contributed by atoms with van der Waals surface area (Å²) in [6, 6.07) is 3.18. The summed E-state index contributed by atoms with van der Waals surface area (Å²) in [6.45, 7) is 7.97. The Morgan fingerprint density at radius 3 is 2.62 bits per heavy atom. The Balaban J connectivity index is 2.37. The second-order valence-electron chi connectivity index (χ2n) is 5.71. The predicted octanol–water partition coefficient (Wildman–Crippen LogP) is 3.71. The van der Waals surface area contributed by atoms with E-state index in [4.69, 9.17) is 0 Å². The molecule has 0 fully saturated rings. The van der Waals surface area contributed by atoms with Crippen molar-refractivity contribution in [2.75, 3.05) is 5.32 Å². The molecular formula is C15H19N3O2S. The molecule has 2 rings (SSSR count). The van der Waals surface area contributed by atoms with Gasteiger partial charge in [0.25, 0.3) is 0 Å². The Hall–Kier alpha value is -1.95. The van der Waals surface area contributed by atoms with Crippen LogP contribution in [0.4, 0.5) is 5.82 Å². The molecule has 112 valence electrons. The smallest absolute Gasteiger partial charge is 0.335 e. The van der Waals surface area contributed by atoms with Gasteiger partial charge in [-0.05, 0) is 31.9 Å². The third kappa shape index (κ3) is 3.58. The first-order valence-corrected chi connectivity index (χ1v) is 7.61. The minimum absolute atomic E-state index is 0.160. The number of aromatic nitrogens is 2. The fourth-order valence-electron chi connectivity index (χ4n) is 1.94. The van der Waals surface area contributed by atoms with Crippen LogP contribution in [0.1, 0.15) is 54.7 Å². The zero-order valence-electron chi connectivity index (χ0n) is 12.5. The molecule has 2 N–H and O–H groups in total. The van der Waals surface area contributed by atoms with E-state index in [9.17, 15) is 9.90 Å².